The van der Waals surface area contributed by atoms with Crippen LogP contribution in [-0.4, -0.2) is 16.1 Å². The third kappa shape index (κ3) is 2.99. The highest BCUT2D eigenvalue weighted by Crippen LogP contribution is 2.28. The van der Waals surface area contributed by atoms with Crippen LogP contribution in [0.2, 0.25) is 0 Å². The number of H-pyrrole nitrogens is 1. The van der Waals surface area contributed by atoms with Crippen LogP contribution in [0.15, 0.2) is 36.5 Å². The van der Waals surface area contributed by atoms with E-state index in [9.17, 15) is 4.79 Å². The van der Waals surface area contributed by atoms with E-state index in [1.165, 1.54) is 6.20 Å². The van der Waals surface area contributed by atoms with Gasteiger partial charge in [-0.25, -0.2) is 0 Å². The number of hydrogen-bond donors (Lipinski definition) is 3. The number of carbonyl (C=O) groups excluding carboxylic acids is 1. The second kappa shape index (κ2) is 6.23. The van der Waals surface area contributed by atoms with Gasteiger partial charge >= 0.3 is 0 Å². The standard InChI is InChI=1S/C15H20N4O/c1-3-10(2)13(11-7-5-4-6-8-11)15(20)18-14-12(16)9-17-19-14/h4-10,13H,3,16H2,1-2H3,(H2,17,18,19,20). The van der Waals surface area contributed by atoms with Crippen LogP contribution in [0.5, 0.6) is 0 Å². The van der Waals surface area contributed by atoms with Crippen LogP contribution in [0.3, 0.4) is 0 Å². The molecular weight excluding hydrogens is 252 g/mol. The lowest BCUT2D eigenvalue weighted by atomic mass is 9.85. The van der Waals surface area contributed by atoms with E-state index in [-0.39, 0.29) is 17.7 Å². The zero-order valence-corrected chi connectivity index (χ0v) is 11.8. The molecule has 5 heteroatoms. The predicted octanol–water partition coefficient (Wildman–Crippen LogP) is 2.76. The van der Waals surface area contributed by atoms with Crippen LogP contribution >= 0.6 is 0 Å². The highest BCUT2D eigenvalue weighted by atomic mass is 16.2. The molecule has 0 saturated carbocycles. The number of rotatable bonds is 5. The Balaban J connectivity index is 2.23. The van der Waals surface area contributed by atoms with Crippen LogP contribution in [0.4, 0.5) is 11.5 Å². The smallest absolute Gasteiger partial charge is 0.233 e. The van der Waals surface area contributed by atoms with Gasteiger partial charge < -0.3 is 11.1 Å². The average Bonchev–Trinajstić information content (AvgIpc) is 2.85. The molecular formula is C15H20N4O. The number of aromatic nitrogens is 2. The van der Waals surface area contributed by atoms with Gasteiger partial charge in [0, 0.05) is 0 Å². The van der Waals surface area contributed by atoms with Crippen molar-refractivity contribution < 1.29 is 4.79 Å². The Hall–Kier alpha value is -2.30. The molecule has 1 aromatic carbocycles. The first-order valence-corrected chi connectivity index (χ1v) is 6.78. The summed E-state index contributed by atoms with van der Waals surface area (Å²) in [6.07, 6.45) is 2.40. The van der Waals surface area contributed by atoms with E-state index in [2.05, 4.69) is 29.4 Å². The van der Waals surface area contributed by atoms with Crippen molar-refractivity contribution in [3.8, 4) is 0 Å². The third-order valence-corrected chi connectivity index (χ3v) is 3.57. The van der Waals surface area contributed by atoms with Gasteiger partial charge in [0.1, 0.15) is 0 Å². The molecule has 1 amide bonds. The summed E-state index contributed by atoms with van der Waals surface area (Å²) in [4.78, 5) is 12.5. The maximum absolute atomic E-state index is 12.5. The lowest BCUT2D eigenvalue weighted by Crippen LogP contribution is -2.26. The first-order chi connectivity index (χ1) is 9.63. The van der Waals surface area contributed by atoms with Crippen LogP contribution in [0.1, 0.15) is 31.7 Å². The number of amides is 1. The summed E-state index contributed by atoms with van der Waals surface area (Å²) in [6, 6.07) is 9.80. The summed E-state index contributed by atoms with van der Waals surface area (Å²) < 4.78 is 0. The summed E-state index contributed by atoms with van der Waals surface area (Å²) >= 11 is 0. The van der Waals surface area contributed by atoms with Gasteiger partial charge in [0.2, 0.25) is 5.91 Å². The third-order valence-electron chi connectivity index (χ3n) is 3.57. The lowest BCUT2D eigenvalue weighted by molar-refractivity contribution is -0.118. The van der Waals surface area contributed by atoms with Crippen molar-refractivity contribution in [1.29, 1.82) is 0 Å². The average molecular weight is 272 g/mol. The molecule has 4 N–H and O–H groups in total. The van der Waals surface area contributed by atoms with Crippen molar-refractivity contribution in [3.05, 3.63) is 42.1 Å². The van der Waals surface area contributed by atoms with Crippen molar-refractivity contribution in [2.45, 2.75) is 26.2 Å². The van der Waals surface area contributed by atoms with E-state index in [1.807, 2.05) is 30.3 Å². The van der Waals surface area contributed by atoms with Crippen LogP contribution in [0, 0.1) is 5.92 Å². The molecule has 1 heterocycles. The Morgan fingerprint density at radius 1 is 1.40 bits per heavy atom. The summed E-state index contributed by atoms with van der Waals surface area (Å²) in [5, 5.41) is 9.32. The van der Waals surface area contributed by atoms with E-state index in [0.29, 0.717) is 11.5 Å². The van der Waals surface area contributed by atoms with Gasteiger partial charge in [0.15, 0.2) is 5.82 Å². The molecule has 2 aromatic rings. The number of nitrogens with zero attached hydrogens (tertiary/aromatic N) is 1. The van der Waals surface area contributed by atoms with Crippen LogP contribution in [0.25, 0.3) is 0 Å². The van der Waals surface area contributed by atoms with Crippen LogP contribution < -0.4 is 11.1 Å². The molecule has 0 aliphatic rings. The van der Waals surface area contributed by atoms with Gasteiger partial charge in [-0.3, -0.25) is 9.89 Å². The molecule has 0 fully saturated rings. The quantitative estimate of drug-likeness (QED) is 0.782. The number of nitrogens with one attached hydrogen (secondary N) is 2. The molecule has 2 rings (SSSR count). The number of hydrogen-bond acceptors (Lipinski definition) is 3. The minimum atomic E-state index is -0.205. The Labute approximate surface area is 118 Å². The fraction of sp³-hybridized carbons (Fsp3) is 0.333. The minimum Gasteiger partial charge on any atom is -0.394 e. The normalized spacial score (nSPS) is 13.7. The monoisotopic (exact) mass is 272 g/mol. The van der Waals surface area contributed by atoms with Gasteiger partial charge in [-0.2, -0.15) is 5.10 Å². The summed E-state index contributed by atoms with van der Waals surface area (Å²) in [7, 11) is 0. The largest absolute Gasteiger partial charge is 0.394 e. The van der Waals surface area contributed by atoms with Crippen LogP contribution in [-0.2, 0) is 4.79 Å². The maximum atomic E-state index is 12.5. The van der Waals surface area contributed by atoms with Crippen molar-refractivity contribution in [2.24, 2.45) is 5.92 Å². The molecule has 20 heavy (non-hydrogen) atoms. The number of nitrogens with two attached hydrogens (primary N) is 1. The van der Waals surface area contributed by atoms with Gasteiger partial charge in [0.05, 0.1) is 17.8 Å². The first kappa shape index (κ1) is 14.1. The highest BCUT2D eigenvalue weighted by molar-refractivity contribution is 5.97. The first-order valence-electron chi connectivity index (χ1n) is 6.78. The summed E-state index contributed by atoms with van der Waals surface area (Å²) in [5.41, 5.74) is 7.18. The molecule has 5 nitrogen and oxygen atoms in total. The Morgan fingerprint density at radius 3 is 2.65 bits per heavy atom. The molecule has 2 atom stereocenters. The molecule has 0 bridgehead atoms. The topological polar surface area (TPSA) is 83.8 Å². The fourth-order valence-corrected chi connectivity index (χ4v) is 2.23. The summed E-state index contributed by atoms with van der Waals surface area (Å²) in [6.45, 7) is 4.16. The predicted molar refractivity (Wildman–Crippen MR) is 80.3 cm³/mol. The van der Waals surface area contributed by atoms with Crippen molar-refractivity contribution in [1.82, 2.24) is 10.2 Å². The molecule has 2 unspecified atom stereocenters. The Bertz CT molecular complexity index is 564. The molecule has 0 radical (unpaired) electrons. The minimum absolute atomic E-state index is 0.0681. The number of aromatic amines is 1. The van der Waals surface area contributed by atoms with Crippen molar-refractivity contribution in [2.75, 3.05) is 11.1 Å². The zero-order valence-electron chi connectivity index (χ0n) is 11.8. The second-order valence-electron chi connectivity index (χ2n) is 4.96. The number of benzene rings is 1. The Morgan fingerprint density at radius 2 is 2.10 bits per heavy atom. The van der Waals surface area contributed by atoms with E-state index in [1.54, 1.807) is 0 Å². The number of carbonyl (C=O) groups is 1. The molecule has 0 spiro atoms. The highest BCUT2D eigenvalue weighted by Gasteiger charge is 2.26. The SMILES string of the molecule is CCC(C)C(C(=O)Nc1[nH]ncc1N)c1ccccc1. The molecule has 0 saturated heterocycles. The number of nitrogen functional groups attached to an aromatic ring is 1. The van der Waals surface area contributed by atoms with E-state index < -0.39 is 0 Å². The van der Waals surface area contributed by atoms with Crippen molar-refractivity contribution in [3.63, 3.8) is 0 Å². The van der Waals surface area contributed by atoms with Crippen molar-refractivity contribution >= 4 is 17.4 Å². The van der Waals surface area contributed by atoms with E-state index in [0.717, 1.165) is 12.0 Å². The fourth-order valence-electron chi connectivity index (χ4n) is 2.23. The molecule has 0 aliphatic heterocycles. The van der Waals surface area contributed by atoms with E-state index in [4.69, 9.17) is 5.73 Å². The molecule has 1 aromatic heterocycles. The molecule has 0 aliphatic carbocycles. The number of anilines is 2. The summed E-state index contributed by atoms with van der Waals surface area (Å²) in [5.74, 6) is 0.422. The zero-order chi connectivity index (χ0) is 14.5. The second-order valence-corrected chi connectivity index (χ2v) is 4.96. The van der Waals surface area contributed by atoms with Gasteiger partial charge in [0.25, 0.3) is 0 Å². The van der Waals surface area contributed by atoms with Gasteiger partial charge in [-0.1, -0.05) is 50.6 Å². The maximum Gasteiger partial charge on any atom is 0.233 e. The Kier molecular flexibility index (Phi) is 4.40. The van der Waals surface area contributed by atoms with E-state index >= 15 is 0 Å². The van der Waals surface area contributed by atoms with Gasteiger partial charge in [-0.05, 0) is 11.5 Å². The lowest BCUT2D eigenvalue weighted by Gasteiger charge is -2.22. The van der Waals surface area contributed by atoms with Gasteiger partial charge in [-0.15, -0.1) is 0 Å². The molecule has 106 valence electrons.